The van der Waals surface area contributed by atoms with Crippen LogP contribution in [-0.4, -0.2) is 28.7 Å². The van der Waals surface area contributed by atoms with Crippen LogP contribution in [0.2, 0.25) is 0 Å². The standard InChI is InChI=1S/C35H27BrCl2N2O4/c1-19(2)30(31(41)39-21-13-17-23(18-14-21)44-22-15-11-20(36)12-16-22)40-32(42)28-29(33(40)43)35(38)25-8-4-3-7-24(25)34(28,37)26-9-5-6-10-27(26)35/h3-19,28-30H,1-2H3,(H,39,41)/t28-,29+,30-,34?,35?/m0/s1. The van der Waals surface area contributed by atoms with Crippen LogP contribution in [0, 0.1) is 17.8 Å². The Morgan fingerprint density at radius 1 is 0.750 bits per heavy atom. The average Bonchev–Trinajstić information content (AvgIpc) is 3.28. The van der Waals surface area contributed by atoms with Crippen molar-refractivity contribution in [2.75, 3.05) is 5.32 Å². The van der Waals surface area contributed by atoms with Crippen molar-refractivity contribution in [3.8, 4) is 11.5 Å². The molecule has 0 saturated carbocycles. The van der Waals surface area contributed by atoms with Crippen molar-refractivity contribution in [1.29, 1.82) is 0 Å². The Bertz CT molecular complexity index is 1700. The first-order valence-electron chi connectivity index (χ1n) is 14.4. The van der Waals surface area contributed by atoms with Gasteiger partial charge in [0.1, 0.15) is 27.3 Å². The molecule has 44 heavy (non-hydrogen) atoms. The van der Waals surface area contributed by atoms with Crippen LogP contribution in [0.15, 0.2) is 102 Å². The number of hydrogen-bond acceptors (Lipinski definition) is 4. The number of carbonyl (C=O) groups is 3. The van der Waals surface area contributed by atoms with Gasteiger partial charge in [-0.1, -0.05) is 78.3 Å². The summed E-state index contributed by atoms with van der Waals surface area (Å²) in [5, 5.41) is 2.90. The van der Waals surface area contributed by atoms with E-state index in [9.17, 15) is 14.4 Å². The number of anilines is 1. The summed E-state index contributed by atoms with van der Waals surface area (Å²) in [5.74, 6) is -2.52. The highest BCUT2D eigenvalue weighted by Gasteiger charge is 2.73. The van der Waals surface area contributed by atoms with Gasteiger partial charge in [-0.2, -0.15) is 0 Å². The van der Waals surface area contributed by atoms with Crippen LogP contribution in [0.25, 0.3) is 0 Å². The zero-order valence-corrected chi connectivity index (χ0v) is 26.9. The molecular formula is C35H27BrCl2N2O4. The van der Waals surface area contributed by atoms with Crippen molar-refractivity contribution >= 4 is 62.5 Å². The molecule has 222 valence electrons. The number of nitrogens with zero attached hydrogens (tertiary/aromatic N) is 1. The molecule has 3 amide bonds. The topological polar surface area (TPSA) is 75.7 Å². The quantitative estimate of drug-likeness (QED) is 0.166. The minimum absolute atomic E-state index is 0.386. The van der Waals surface area contributed by atoms with E-state index in [2.05, 4.69) is 21.2 Å². The Kier molecular flexibility index (Phi) is 6.92. The number of hydrogen-bond donors (Lipinski definition) is 1. The summed E-state index contributed by atoms with van der Waals surface area (Å²) in [6, 6.07) is 28.2. The van der Waals surface area contributed by atoms with Gasteiger partial charge in [0.25, 0.3) is 0 Å². The molecular weight excluding hydrogens is 663 g/mol. The van der Waals surface area contributed by atoms with E-state index >= 15 is 0 Å². The third kappa shape index (κ3) is 4.09. The monoisotopic (exact) mass is 688 g/mol. The molecule has 2 bridgehead atoms. The second kappa shape index (κ2) is 10.5. The zero-order chi connectivity index (χ0) is 31.0. The Hall–Kier alpha value is -3.65. The fourth-order valence-corrected chi connectivity index (χ4v) is 8.50. The lowest BCUT2D eigenvalue weighted by molar-refractivity contribution is -0.148. The number of alkyl halides is 2. The lowest BCUT2D eigenvalue weighted by atomic mass is 9.54. The summed E-state index contributed by atoms with van der Waals surface area (Å²) in [6.07, 6.45) is 0. The number of halogens is 3. The lowest BCUT2D eigenvalue weighted by Crippen LogP contribution is -2.57. The van der Waals surface area contributed by atoms with Gasteiger partial charge in [0.05, 0.1) is 11.8 Å². The van der Waals surface area contributed by atoms with Crippen LogP contribution < -0.4 is 10.1 Å². The summed E-state index contributed by atoms with van der Waals surface area (Å²) in [7, 11) is 0. The molecule has 3 atom stereocenters. The van der Waals surface area contributed by atoms with Gasteiger partial charge in [-0.25, -0.2) is 0 Å². The van der Waals surface area contributed by atoms with Gasteiger partial charge in [-0.3, -0.25) is 19.3 Å². The number of likely N-dealkylation sites (tertiary alicyclic amines) is 1. The first kappa shape index (κ1) is 29.1. The Morgan fingerprint density at radius 2 is 1.16 bits per heavy atom. The van der Waals surface area contributed by atoms with Crippen LogP contribution in [-0.2, 0) is 24.1 Å². The van der Waals surface area contributed by atoms with Gasteiger partial charge in [-0.15, -0.1) is 23.2 Å². The highest BCUT2D eigenvalue weighted by molar-refractivity contribution is 9.10. The molecule has 1 fully saturated rings. The second-order valence-electron chi connectivity index (χ2n) is 11.8. The van der Waals surface area contributed by atoms with E-state index in [-0.39, 0.29) is 5.92 Å². The summed E-state index contributed by atoms with van der Waals surface area (Å²) in [5.41, 5.74) is 3.38. The number of benzene rings is 4. The summed E-state index contributed by atoms with van der Waals surface area (Å²) >= 11 is 18.5. The minimum atomic E-state index is -1.31. The van der Waals surface area contributed by atoms with Gasteiger partial charge in [0.2, 0.25) is 17.7 Å². The molecule has 9 heteroatoms. The summed E-state index contributed by atoms with van der Waals surface area (Å²) < 4.78 is 6.83. The molecule has 1 heterocycles. The van der Waals surface area contributed by atoms with Gasteiger partial charge in [0, 0.05) is 10.2 Å². The molecule has 4 aliphatic rings. The third-order valence-electron chi connectivity index (χ3n) is 8.97. The average molecular weight is 690 g/mol. The maximum atomic E-state index is 14.4. The van der Waals surface area contributed by atoms with Crippen LogP contribution in [0.3, 0.4) is 0 Å². The number of imide groups is 1. The molecule has 3 aliphatic carbocycles. The number of nitrogens with one attached hydrogen (secondary N) is 1. The maximum Gasteiger partial charge on any atom is 0.247 e. The van der Waals surface area contributed by atoms with E-state index in [1.807, 2.05) is 86.6 Å². The van der Waals surface area contributed by atoms with Crippen LogP contribution >= 0.6 is 39.1 Å². The highest BCUT2D eigenvalue weighted by Crippen LogP contribution is 2.69. The summed E-state index contributed by atoms with van der Waals surface area (Å²) in [4.78, 5) is 41.2. The van der Waals surface area contributed by atoms with Crippen molar-refractivity contribution in [1.82, 2.24) is 4.90 Å². The number of carbonyl (C=O) groups excluding carboxylic acids is 3. The first-order valence-corrected chi connectivity index (χ1v) is 15.9. The van der Waals surface area contributed by atoms with E-state index in [1.165, 1.54) is 0 Å². The minimum Gasteiger partial charge on any atom is -0.457 e. The molecule has 0 spiro atoms. The van der Waals surface area contributed by atoms with Gasteiger partial charge >= 0.3 is 0 Å². The molecule has 6 nitrogen and oxygen atoms in total. The largest absolute Gasteiger partial charge is 0.457 e. The number of amides is 3. The molecule has 0 unspecified atom stereocenters. The highest BCUT2D eigenvalue weighted by atomic mass is 79.9. The van der Waals surface area contributed by atoms with Gasteiger partial charge in [-0.05, 0) is 76.7 Å². The van der Waals surface area contributed by atoms with Crippen molar-refractivity contribution in [3.05, 3.63) is 124 Å². The van der Waals surface area contributed by atoms with Crippen molar-refractivity contribution in [2.45, 2.75) is 29.6 Å². The second-order valence-corrected chi connectivity index (χ2v) is 13.9. The van der Waals surface area contributed by atoms with Gasteiger partial charge < -0.3 is 10.1 Å². The van der Waals surface area contributed by atoms with E-state index in [0.29, 0.717) is 17.2 Å². The predicted molar refractivity (Wildman–Crippen MR) is 173 cm³/mol. The number of ether oxygens (including phenoxy) is 1. The molecule has 1 saturated heterocycles. The molecule has 8 rings (SSSR count). The third-order valence-corrected chi connectivity index (χ3v) is 10.8. The SMILES string of the molecule is CC(C)[C@@H](C(=O)Nc1ccc(Oc2ccc(Br)cc2)cc1)N1C(=O)[C@@H]2[C@H](C1=O)C1(Cl)c3ccccc3C2(Cl)c2ccccc21. The smallest absolute Gasteiger partial charge is 0.247 e. The van der Waals surface area contributed by atoms with Crippen molar-refractivity contribution in [2.24, 2.45) is 17.8 Å². The van der Waals surface area contributed by atoms with Crippen LogP contribution in [0.4, 0.5) is 5.69 Å². The number of rotatable bonds is 6. The molecule has 1 N–H and O–H groups in total. The van der Waals surface area contributed by atoms with Crippen molar-refractivity contribution < 1.29 is 19.1 Å². The Morgan fingerprint density at radius 3 is 1.57 bits per heavy atom. The van der Waals surface area contributed by atoms with E-state index in [1.54, 1.807) is 24.3 Å². The van der Waals surface area contributed by atoms with Crippen molar-refractivity contribution in [3.63, 3.8) is 0 Å². The van der Waals surface area contributed by atoms with E-state index in [4.69, 9.17) is 27.9 Å². The maximum absolute atomic E-state index is 14.4. The Labute approximate surface area is 273 Å². The fourth-order valence-electron chi connectivity index (χ4n) is 7.14. The predicted octanol–water partition coefficient (Wildman–Crippen LogP) is 7.80. The normalized spacial score (nSPS) is 25.4. The summed E-state index contributed by atoms with van der Waals surface area (Å²) in [6.45, 7) is 3.62. The molecule has 4 aromatic rings. The van der Waals surface area contributed by atoms with E-state index < -0.39 is 45.3 Å². The zero-order valence-electron chi connectivity index (χ0n) is 23.8. The van der Waals surface area contributed by atoms with Gasteiger partial charge in [0.15, 0.2) is 0 Å². The Balaban J connectivity index is 1.20. The molecule has 0 aromatic heterocycles. The molecule has 1 aliphatic heterocycles. The van der Waals surface area contributed by atoms with Crippen LogP contribution in [0.1, 0.15) is 36.1 Å². The molecule has 0 radical (unpaired) electrons. The molecule has 4 aromatic carbocycles. The van der Waals surface area contributed by atoms with Crippen LogP contribution in [0.5, 0.6) is 11.5 Å². The fraction of sp³-hybridized carbons (Fsp3) is 0.229. The van der Waals surface area contributed by atoms with E-state index in [0.717, 1.165) is 31.6 Å². The first-order chi connectivity index (χ1) is 21.1. The lowest BCUT2D eigenvalue weighted by Gasteiger charge is -2.54.